The number of benzene rings is 5. The molecule has 0 aliphatic heterocycles. The molecule has 0 atom stereocenters. The van der Waals surface area contributed by atoms with Crippen molar-refractivity contribution in [1.82, 2.24) is 0 Å². The highest BCUT2D eigenvalue weighted by Gasteiger charge is 2.35. The molecular formula is C39H40NO3P. The predicted molar refractivity (Wildman–Crippen MR) is 183 cm³/mol. The van der Waals surface area contributed by atoms with E-state index in [1.54, 1.807) is 0 Å². The zero-order valence-corrected chi connectivity index (χ0v) is 26.4. The van der Waals surface area contributed by atoms with Crippen molar-refractivity contribution in [3.05, 3.63) is 138 Å². The van der Waals surface area contributed by atoms with E-state index in [0.29, 0.717) is 6.42 Å². The molecule has 1 aliphatic rings. The number of aryl methyl sites for hydroxylation is 1. The van der Waals surface area contributed by atoms with Crippen LogP contribution in [0.1, 0.15) is 56.2 Å². The van der Waals surface area contributed by atoms with Gasteiger partial charge >= 0.3 is 7.60 Å². The van der Waals surface area contributed by atoms with Crippen molar-refractivity contribution in [2.24, 2.45) is 0 Å². The van der Waals surface area contributed by atoms with Crippen molar-refractivity contribution in [3.63, 3.8) is 0 Å². The summed E-state index contributed by atoms with van der Waals surface area (Å²) in [6.45, 7) is 4.64. The lowest BCUT2D eigenvalue weighted by Gasteiger charge is -2.28. The normalized spacial score (nSPS) is 13.4. The summed E-state index contributed by atoms with van der Waals surface area (Å²) in [5.41, 5.74) is 12.3. The molecule has 0 fully saturated rings. The van der Waals surface area contributed by atoms with Crippen LogP contribution in [0.3, 0.4) is 0 Å². The Balaban J connectivity index is 1.29. The van der Waals surface area contributed by atoms with Gasteiger partial charge in [0.2, 0.25) is 0 Å². The molecule has 0 unspecified atom stereocenters. The van der Waals surface area contributed by atoms with E-state index in [9.17, 15) is 4.57 Å². The second-order valence-corrected chi connectivity index (χ2v) is 14.1. The molecule has 0 aromatic heterocycles. The summed E-state index contributed by atoms with van der Waals surface area (Å²) in [4.78, 5) is 20.5. The van der Waals surface area contributed by atoms with Gasteiger partial charge in [0.25, 0.3) is 0 Å². The van der Waals surface area contributed by atoms with E-state index >= 15 is 0 Å². The van der Waals surface area contributed by atoms with Crippen LogP contribution in [0, 0.1) is 0 Å². The summed E-state index contributed by atoms with van der Waals surface area (Å²) in [5.74, 6) is 0. The third-order valence-electron chi connectivity index (χ3n) is 8.92. The van der Waals surface area contributed by atoms with Crippen LogP contribution in [-0.4, -0.2) is 15.9 Å². The molecule has 5 aromatic carbocycles. The number of anilines is 3. The summed E-state index contributed by atoms with van der Waals surface area (Å²) in [7, 11) is -3.89. The Morgan fingerprint density at radius 3 is 1.86 bits per heavy atom. The molecule has 5 heteroatoms. The average molecular weight is 602 g/mol. The number of nitrogens with zero attached hydrogens (tertiary/aromatic N) is 1. The Bertz CT molecular complexity index is 1770. The summed E-state index contributed by atoms with van der Waals surface area (Å²) in [6, 6.07) is 43.8. The Morgan fingerprint density at radius 2 is 1.16 bits per heavy atom. The van der Waals surface area contributed by atoms with Gasteiger partial charge in [-0.05, 0) is 94.6 Å². The first kappa shape index (κ1) is 30.1. The second-order valence-electron chi connectivity index (χ2n) is 12.4. The summed E-state index contributed by atoms with van der Waals surface area (Å²) in [5, 5.41) is 0. The molecule has 0 saturated carbocycles. The fourth-order valence-corrected chi connectivity index (χ4v) is 7.16. The first-order valence-corrected chi connectivity index (χ1v) is 17.3. The van der Waals surface area contributed by atoms with Crippen molar-refractivity contribution in [1.29, 1.82) is 0 Å². The third kappa shape index (κ3) is 6.44. The Hall–Kier alpha value is -3.95. The van der Waals surface area contributed by atoms with Gasteiger partial charge in [-0.1, -0.05) is 112 Å². The molecule has 44 heavy (non-hydrogen) atoms. The fraction of sp³-hybridized carbons (Fsp3) is 0.231. The van der Waals surface area contributed by atoms with Crippen molar-refractivity contribution in [2.45, 2.75) is 51.4 Å². The first-order chi connectivity index (χ1) is 21.2. The lowest BCUT2D eigenvalue weighted by molar-refractivity contribution is 0.370. The molecule has 2 N–H and O–H groups in total. The minimum Gasteiger partial charge on any atom is -0.324 e. The Kier molecular flexibility index (Phi) is 8.60. The van der Waals surface area contributed by atoms with Crippen LogP contribution in [0.2, 0.25) is 0 Å². The molecule has 224 valence electrons. The van der Waals surface area contributed by atoms with Gasteiger partial charge in [-0.2, -0.15) is 0 Å². The largest absolute Gasteiger partial charge is 0.325 e. The van der Waals surface area contributed by atoms with Crippen molar-refractivity contribution < 1.29 is 14.4 Å². The molecule has 5 aromatic rings. The van der Waals surface area contributed by atoms with E-state index in [2.05, 4.69) is 134 Å². The van der Waals surface area contributed by atoms with Crippen LogP contribution in [0.15, 0.2) is 121 Å². The molecule has 0 spiro atoms. The minimum absolute atomic E-state index is 0.0180. The lowest BCUT2D eigenvalue weighted by Crippen LogP contribution is -2.16. The molecular weight excluding hydrogens is 561 g/mol. The van der Waals surface area contributed by atoms with Gasteiger partial charge in [0.05, 0.1) is 0 Å². The standard InChI is InChI=1S/C39H40NO3P/c1-39(2)37-16-10-9-15-35(37)36-26-25-34(28-38(36)39)40(33-23-19-31(20-24-33)30-13-7-5-8-14-30)32-21-17-29(18-22-32)12-6-3-4-11-27-44(41,42)43/h5,7-10,13-26,28H,3-4,6,11-12,27H2,1-2H3,(H2,41,42,43). The predicted octanol–water partition coefficient (Wildman–Crippen LogP) is 10.4. The van der Waals surface area contributed by atoms with Gasteiger partial charge in [-0.25, -0.2) is 0 Å². The summed E-state index contributed by atoms with van der Waals surface area (Å²) < 4.78 is 11.1. The first-order valence-electron chi connectivity index (χ1n) is 15.5. The van der Waals surface area contributed by atoms with E-state index in [4.69, 9.17) is 9.79 Å². The highest BCUT2D eigenvalue weighted by Crippen LogP contribution is 2.50. The topological polar surface area (TPSA) is 60.8 Å². The van der Waals surface area contributed by atoms with Crippen molar-refractivity contribution in [2.75, 3.05) is 11.1 Å². The number of hydrogen-bond acceptors (Lipinski definition) is 2. The average Bonchev–Trinajstić information content (AvgIpc) is 3.26. The van der Waals surface area contributed by atoms with Crippen LogP contribution in [0.4, 0.5) is 17.1 Å². The number of rotatable bonds is 11. The molecule has 4 nitrogen and oxygen atoms in total. The molecule has 0 bridgehead atoms. The van der Waals surface area contributed by atoms with Crippen LogP contribution < -0.4 is 4.90 Å². The third-order valence-corrected chi connectivity index (χ3v) is 9.82. The Morgan fingerprint density at radius 1 is 0.591 bits per heavy atom. The highest BCUT2D eigenvalue weighted by atomic mass is 31.2. The molecule has 0 amide bonds. The van der Waals surface area contributed by atoms with Crippen LogP contribution in [0.25, 0.3) is 22.3 Å². The number of fused-ring (bicyclic) bond motifs is 3. The maximum Gasteiger partial charge on any atom is 0.325 e. The summed E-state index contributed by atoms with van der Waals surface area (Å²) >= 11 is 0. The monoisotopic (exact) mass is 601 g/mol. The smallest absolute Gasteiger partial charge is 0.324 e. The van der Waals surface area contributed by atoms with Crippen LogP contribution in [0.5, 0.6) is 0 Å². The second kappa shape index (κ2) is 12.6. The summed E-state index contributed by atoms with van der Waals surface area (Å²) in [6.07, 6.45) is 4.32. The SMILES string of the molecule is CC1(C)c2ccccc2-c2ccc(N(c3ccc(CCCCCCP(=O)(O)O)cc3)c3ccc(-c4ccccc4)cc3)cc21. The van der Waals surface area contributed by atoms with E-state index in [0.717, 1.165) is 42.7 Å². The van der Waals surface area contributed by atoms with Gasteiger partial charge in [-0.15, -0.1) is 0 Å². The van der Waals surface area contributed by atoms with Gasteiger partial charge in [-0.3, -0.25) is 4.57 Å². The van der Waals surface area contributed by atoms with Crippen LogP contribution in [-0.2, 0) is 16.4 Å². The quantitative estimate of drug-likeness (QED) is 0.117. The maximum absolute atomic E-state index is 11.1. The molecule has 0 heterocycles. The molecule has 0 saturated heterocycles. The van der Waals surface area contributed by atoms with Gasteiger partial charge in [0.15, 0.2) is 0 Å². The van der Waals surface area contributed by atoms with E-state index in [1.165, 1.54) is 38.9 Å². The molecule has 6 rings (SSSR count). The van der Waals surface area contributed by atoms with Gasteiger partial charge in [0.1, 0.15) is 0 Å². The number of hydrogen-bond donors (Lipinski definition) is 2. The van der Waals surface area contributed by atoms with Crippen molar-refractivity contribution in [3.8, 4) is 22.3 Å². The zero-order valence-electron chi connectivity index (χ0n) is 25.5. The van der Waals surface area contributed by atoms with E-state index in [1.807, 2.05) is 6.07 Å². The zero-order chi connectivity index (χ0) is 30.7. The molecule has 1 aliphatic carbocycles. The lowest BCUT2D eigenvalue weighted by atomic mass is 9.82. The van der Waals surface area contributed by atoms with E-state index in [-0.39, 0.29) is 11.6 Å². The van der Waals surface area contributed by atoms with E-state index < -0.39 is 7.60 Å². The minimum atomic E-state index is -3.89. The maximum atomic E-state index is 11.1. The van der Waals surface area contributed by atoms with Gasteiger partial charge in [0, 0.05) is 28.6 Å². The Labute approximate surface area is 261 Å². The van der Waals surface area contributed by atoms with Crippen molar-refractivity contribution >= 4 is 24.7 Å². The number of unbranched alkanes of at least 4 members (excludes halogenated alkanes) is 3. The fourth-order valence-electron chi connectivity index (χ4n) is 6.52. The van der Waals surface area contributed by atoms with Crippen LogP contribution >= 0.6 is 7.60 Å². The van der Waals surface area contributed by atoms with Gasteiger partial charge < -0.3 is 14.7 Å². The molecule has 0 radical (unpaired) electrons. The highest BCUT2D eigenvalue weighted by molar-refractivity contribution is 7.51.